The predicted molar refractivity (Wildman–Crippen MR) is 56.2 cm³/mol. The molecule has 76 valence electrons. The lowest BCUT2D eigenvalue weighted by Crippen LogP contribution is -2.21. The molecule has 3 heteroatoms. The molecule has 14 heavy (non-hydrogen) atoms. The molecule has 0 saturated heterocycles. The molecule has 2 rings (SSSR count). The smallest absolute Gasteiger partial charge is 0.0703 e. The third-order valence-electron chi connectivity index (χ3n) is 2.70. The first-order valence-corrected chi connectivity index (χ1v) is 5.06. The minimum Gasteiger partial charge on any atom is -0.392 e. The summed E-state index contributed by atoms with van der Waals surface area (Å²) in [5.41, 5.74) is 2.02. The fraction of sp³-hybridized carbons (Fsp3) is 0.545. The van der Waals surface area contributed by atoms with Gasteiger partial charge in [-0.05, 0) is 24.8 Å². The first-order valence-electron chi connectivity index (χ1n) is 5.06. The highest BCUT2D eigenvalue weighted by atomic mass is 16.3. The number of rotatable bonds is 4. The van der Waals surface area contributed by atoms with Gasteiger partial charge in [0.1, 0.15) is 0 Å². The van der Waals surface area contributed by atoms with Gasteiger partial charge in [0, 0.05) is 25.4 Å². The summed E-state index contributed by atoms with van der Waals surface area (Å²) >= 11 is 0. The maximum absolute atomic E-state index is 9.16. The number of anilines is 1. The third-order valence-corrected chi connectivity index (χ3v) is 2.70. The van der Waals surface area contributed by atoms with Gasteiger partial charge >= 0.3 is 0 Å². The number of hydrogen-bond donors (Lipinski definition) is 1. The highest BCUT2D eigenvalue weighted by molar-refractivity contribution is 5.50. The van der Waals surface area contributed by atoms with E-state index in [4.69, 9.17) is 5.11 Å². The molecule has 1 fully saturated rings. The molecule has 0 unspecified atom stereocenters. The normalized spacial score (nSPS) is 15.6. The first-order chi connectivity index (χ1) is 6.81. The van der Waals surface area contributed by atoms with Crippen LogP contribution in [0.15, 0.2) is 18.5 Å². The summed E-state index contributed by atoms with van der Waals surface area (Å²) in [4.78, 5) is 6.28. The van der Waals surface area contributed by atoms with E-state index in [1.165, 1.54) is 12.8 Å². The van der Waals surface area contributed by atoms with E-state index in [-0.39, 0.29) is 6.61 Å². The van der Waals surface area contributed by atoms with Crippen LogP contribution in [0.2, 0.25) is 0 Å². The molecular weight excluding hydrogens is 176 g/mol. The van der Waals surface area contributed by atoms with E-state index in [1.807, 2.05) is 12.3 Å². The van der Waals surface area contributed by atoms with Crippen LogP contribution in [0.3, 0.4) is 0 Å². The molecule has 0 radical (unpaired) electrons. The van der Waals surface area contributed by atoms with Crippen molar-refractivity contribution in [3.05, 3.63) is 24.0 Å². The molecular formula is C11H16N2O. The second kappa shape index (κ2) is 3.96. The average molecular weight is 192 g/mol. The van der Waals surface area contributed by atoms with Crippen LogP contribution in [0, 0.1) is 5.92 Å². The summed E-state index contributed by atoms with van der Waals surface area (Å²) in [6, 6.07) is 1.87. The molecule has 1 aromatic rings. The zero-order chi connectivity index (χ0) is 9.97. The zero-order valence-corrected chi connectivity index (χ0v) is 8.48. The maximum atomic E-state index is 9.16. The molecule has 0 atom stereocenters. The van der Waals surface area contributed by atoms with Crippen LogP contribution in [-0.2, 0) is 6.61 Å². The van der Waals surface area contributed by atoms with Crippen LogP contribution in [-0.4, -0.2) is 23.7 Å². The monoisotopic (exact) mass is 192 g/mol. The summed E-state index contributed by atoms with van der Waals surface area (Å²) in [5, 5.41) is 9.16. The lowest BCUT2D eigenvalue weighted by molar-refractivity contribution is 0.282. The van der Waals surface area contributed by atoms with Gasteiger partial charge in [-0.3, -0.25) is 4.98 Å². The molecule has 0 bridgehead atoms. The molecule has 1 heterocycles. The Morgan fingerprint density at radius 1 is 1.57 bits per heavy atom. The second-order valence-electron chi connectivity index (χ2n) is 3.99. The number of pyridine rings is 1. The molecule has 0 aromatic carbocycles. The minimum absolute atomic E-state index is 0.0901. The van der Waals surface area contributed by atoms with E-state index in [1.54, 1.807) is 6.20 Å². The van der Waals surface area contributed by atoms with Crippen LogP contribution in [0.1, 0.15) is 18.4 Å². The standard InChI is InChI=1S/C11H16N2O/c1-13(7-9-2-3-9)11-6-12-5-4-10(11)8-14/h4-6,9,14H,2-3,7-8H2,1H3. The molecule has 0 aliphatic heterocycles. The molecule has 1 N–H and O–H groups in total. The predicted octanol–water partition coefficient (Wildman–Crippen LogP) is 1.42. The van der Waals surface area contributed by atoms with Crippen LogP contribution < -0.4 is 4.90 Å². The van der Waals surface area contributed by atoms with E-state index in [2.05, 4.69) is 16.9 Å². The quantitative estimate of drug-likeness (QED) is 0.783. The zero-order valence-electron chi connectivity index (χ0n) is 8.48. The van der Waals surface area contributed by atoms with Gasteiger partial charge in [0.25, 0.3) is 0 Å². The van der Waals surface area contributed by atoms with Crippen molar-refractivity contribution in [2.75, 3.05) is 18.5 Å². The number of aliphatic hydroxyl groups excluding tert-OH is 1. The van der Waals surface area contributed by atoms with Crippen molar-refractivity contribution in [3.8, 4) is 0 Å². The lowest BCUT2D eigenvalue weighted by atomic mass is 10.2. The fourth-order valence-corrected chi connectivity index (χ4v) is 1.68. The maximum Gasteiger partial charge on any atom is 0.0703 e. The van der Waals surface area contributed by atoms with Crippen LogP contribution in [0.5, 0.6) is 0 Å². The van der Waals surface area contributed by atoms with Crippen molar-refractivity contribution >= 4 is 5.69 Å². The van der Waals surface area contributed by atoms with E-state index < -0.39 is 0 Å². The molecule has 1 aromatic heterocycles. The Bertz CT molecular complexity index is 310. The Balaban J connectivity index is 2.11. The van der Waals surface area contributed by atoms with Gasteiger partial charge in [0.2, 0.25) is 0 Å². The molecule has 1 aliphatic rings. The number of nitrogens with zero attached hydrogens (tertiary/aromatic N) is 2. The number of hydrogen-bond acceptors (Lipinski definition) is 3. The topological polar surface area (TPSA) is 36.4 Å². The van der Waals surface area contributed by atoms with Crippen molar-refractivity contribution < 1.29 is 5.11 Å². The minimum atomic E-state index is 0.0901. The lowest BCUT2D eigenvalue weighted by Gasteiger charge is -2.20. The molecule has 3 nitrogen and oxygen atoms in total. The van der Waals surface area contributed by atoms with Crippen LogP contribution in [0.25, 0.3) is 0 Å². The van der Waals surface area contributed by atoms with Gasteiger partial charge in [0.15, 0.2) is 0 Å². The summed E-state index contributed by atoms with van der Waals surface area (Å²) in [6.45, 7) is 1.17. The summed E-state index contributed by atoms with van der Waals surface area (Å²) in [5.74, 6) is 0.853. The summed E-state index contributed by atoms with van der Waals surface area (Å²) in [7, 11) is 2.06. The SMILES string of the molecule is CN(CC1CC1)c1cnccc1CO. The Morgan fingerprint density at radius 3 is 3.00 bits per heavy atom. The number of aromatic nitrogens is 1. The third kappa shape index (κ3) is 2.04. The van der Waals surface area contributed by atoms with Crippen LogP contribution in [0.4, 0.5) is 5.69 Å². The molecule has 1 saturated carbocycles. The van der Waals surface area contributed by atoms with Crippen molar-refractivity contribution in [2.24, 2.45) is 5.92 Å². The number of aliphatic hydroxyl groups is 1. The molecule has 0 amide bonds. The van der Waals surface area contributed by atoms with Gasteiger partial charge < -0.3 is 10.0 Å². The summed E-state index contributed by atoms with van der Waals surface area (Å²) in [6.07, 6.45) is 6.24. The van der Waals surface area contributed by atoms with Crippen molar-refractivity contribution in [1.29, 1.82) is 0 Å². The van der Waals surface area contributed by atoms with Gasteiger partial charge in [0.05, 0.1) is 18.5 Å². The highest BCUT2D eigenvalue weighted by Crippen LogP contribution is 2.31. The van der Waals surface area contributed by atoms with Crippen molar-refractivity contribution in [1.82, 2.24) is 4.98 Å². The van der Waals surface area contributed by atoms with Gasteiger partial charge in [-0.25, -0.2) is 0 Å². The fourth-order valence-electron chi connectivity index (χ4n) is 1.68. The van der Waals surface area contributed by atoms with E-state index in [0.29, 0.717) is 0 Å². The van der Waals surface area contributed by atoms with Gasteiger partial charge in [-0.1, -0.05) is 0 Å². The first kappa shape index (κ1) is 9.46. The Kier molecular flexibility index (Phi) is 2.68. The van der Waals surface area contributed by atoms with E-state index >= 15 is 0 Å². The molecule has 0 spiro atoms. The summed E-state index contributed by atoms with van der Waals surface area (Å²) < 4.78 is 0. The van der Waals surface area contributed by atoms with Crippen molar-refractivity contribution in [3.63, 3.8) is 0 Å². The van der Waals surface area contributed by atoms with Gasteiger partial charge in [-0.2, -0.15) is 0 Å². The van der Waals surface area contributed by atoms with Gasteiger partial charge in [-0.15, -0.1) is 0 Å². The van der Waals surface area contributed by atoms with E-state index in [0.717, 1.165) is 23.7 Å². The van der Waals surface area contributed by atoms with Crippen LogP contribution >= 0.6 is 0 Å². The Labute approximate surface area is 84.4 Å². The molecule has 1 aliphatic carbocycles. The largest absolute Gasteiger partial charge is 0.392 e. The highest BCUT2D eigenvalue weighted by Gasteiger charge is 2.23. The second-order valence-corrected chi connectivity index (χ2v) is 3.99. The Morgan fingerprint density at radius 2 is 2.36 bits per heavy atom. The Hall–Kier alpha value is -1.09. The average Bonchev–Trinajstić information content (AvgIpc) is 3.01. The van der Waals surface area contributed by atoms with E-state index in [9.17, 15) is 0 Å². The van der Waals surface area contributed by atoms with Crippen molar-refractivity contribution in [2.45, 2.75) is 19.4 Å².